The van der Waals surface area contributed by atoms with E-state index in [9.17, 15) is 19.5 Å². The fourth-order valence-electron chi connectivity index (χ4n) is 1.13. The fourth-order valence-corrected chi connectivity index (χ4v) is 2.14. The molecule has 0 aromatic rings. The monoisotopic (exact) mass is 278 g/mol. The first-order valence-electron chi connectivity index (χ1n) is 5.49. The molecular formula is C10H18N2O5S. The Bertz CT molecular complexity index is 265. The molecule has 2 atom stereocenters. The highest BCUT2D eigenvalue weighted by Gasteiger charge is 2.14. The molecule has 2 unspecified atom stereocenters. The van der Waals surface area contributed by atoms with Crippen LogP contribution in [0.3, 0.4) is 0 Å². The number of hydrogen-bond acceptors (Lipinski definition) is 7. The molecule has 0 saturated carbocycles. The molecule has 8 heteroatoms. The number of nitrogens with one attached hydrogen (secondary N) is 2. The van der Waals surface area contributed by atoms with Crippen LogP contribution >= 0.6 is 11.8 Å². The van der Waals surface area contributed by atoms with Gasteiger partial charge in [0.2, 0.25) is 5.91 Å². The Labute approximate surface area is 109 Å². The summed E-state index contributed by atoms with van der Waals surface area (Å²) in [7, 11) is 0. The second-order valence-electron chi connectivity index (χ2n) is 3.49. The van der Waals surface area contributed by atoms with Crippen LogP contribution in [0.15, 0.2) is 0 Å². The van der Waals surface area contributed by atoms with Crippen LogP contribution in [0.1, 0.15) is 19.3 Å². The van der Waals surface area contributed by atoms with Crippen molar-refractivity contribution in [3.63, 3.8) is 0 Å². The predicted molar refractivity (Wildman–Crippen MR) is 66.2 cm³/mol. The molecule has 0 heterocycles. The molecule has 1 amide bonds. The van der Waals surface area contributed by atoms with Gasteiger partial charge in [0.1, 0.15) is 18.8 Å². The van der Waals surface area contributed by atoms with Gasteiger partial charge in [-0.25, -0.2) is 5.48 Å². The zero-order chi connectivity index (χ0) is 13.8. The smallest absolute Gasteiger partial charge is 0.244 e. The predicted octanol–water partition coefficient (Wildman–Crippen LogP) is -0.930. The van der Waals surface area contributed by atoms with Gasteiger partial charge in [0.05, 0.1) is 5.25 Å². The van der Waals surface area contributed by atoms with Crippen molar-refractivity contribution in [2.45, 2.75) is 30.7 Å². The first kappa shape index (κ1) is 17.0. The number of hydrogen-bond donors (Lipinski definition) is 4. The average molecular weight is 278 g/mol. The van der Waals surface area contributed by atoms with Gasteiger partial charge in [0.25, 0.3) is 0 Å². The topological polar surface area (TPSA) is 116 Å². The third-order valence-corrected chi connectivity index (χ3v) is 3.21. The summed E-state index contributed by atoms with van der Waals surface area (Å²) in [6.07, 6.45) is 1.17. The molecule has 0 spiro atoms. The molecule has 0 aliphatic rings. The van der Waals surface area contributed by atoms with Crippen molar-refractivity contribution in [1.82, 2.24) is 10.8 Å². The van der Waals surface area contributed by atoms with Gasteiger partial charge in [-0.15, -0.1) is 0 Å². The van der Waals surface area contributed by atoms with E-state index in [1.807, 2.05) is 0 Å². The number of amides is 1. The zero-order valence-electron chi connectivity index (χ0n) is 9.87. The maximum atomic E-state index is 10.7. The maximum Gasteiger partial charge on any atom is 0.244 e. The lowest BCUT2D eigenvalue weighted by atomic mass is 10.3. The van der Waals surface area contributed by atoms with Crippen molar-refractivity contribution in [2.24, 2.45) is 0 Å². The molecule has 0 fully saturated rings. The molecule has 0 bridgehead atoms. The van der Waals surface area contributed by atoms with Gasteiger partial charge < -0.3 is 14.7 Å². The summed E-state index contributed by atoms with van der Waals surface area (Å²) in [5, 5.41) is 20.0. The van der Waals surface area contributed by atoms with E-state index in [2.05, 4.69) is 5.32 Å². The first-order valence-corrected chi connectivity index (χ1v) is 6.53. The van der Waals surface area contributed by atoms with Crippen LogP contribution in [0.2, 0.25) is 0 Å². The van der Waals surface area contributed by atoms with Crippen LogP contribution in [0.25, 0.3) is 0 Å². The number of carbonyl (C=O) groups is 3. The Morgan fingerprint density at radius 1 is 1.39 bits per heavy atom. The van der Waals surface area contributed by atoms with Gasteiger partial charge in [-0.1, -0.05) is 0 Å². The molecule has 18 heavy (non-hydrogen) atoms. The van der Waals surface area contributed by atoms with E-state index in [0.29, 0.717) is 25.0 Å². The van der Waals surface area contributed by atoms with Gasteiger partial charge >= 0.3 is 0 Å². The number of aldehydes is 2. The van der Waals surface area contributed by atoms with Gasteiger partial charge in [0.15, 0.2) is 0 Å². The molecule has 7 nitrogen and oxygen atoms in total. The van der Waals surface area contributed by atoms with Gasteiger partial charge in [0, 0.05) is 31.6 Å². The largest absolute Gasteiger partial charge is 0.379 e. The van der Waals surface area contributed by atoms with E-state index >= 15 is 0 Å². The van der Waals surface area contributed by atoms with E-state index in [0.717, 1.165) is 6.29 Å². The molecule has 0 aromatic carbocycles. The summed E-state index contributed by atoms with van der Waals surface area (Å²) in [5.41, 5.74) is 1.50. The quantitative estimate of drug-likeness (QED) is 0.127. The molecule has 4 N–H and O–H groups in total. The van der Waals surface area contributed by atoms with E-state index < -0.39 is 17.4 Å². The number of aliphatic hydroxyl groups excluding tert-OH is 1. The number of thioether (sulfide) groups is 1. The maximum absolute atomic E-state index is 10.7. The van der Waals surface area contributed by atoms with E-state index in [4.69, 9.17) is 5.21 Å². The van der Waals surface area contributed by atoms with E-state index in [-0.39, 0.29) is 12.8 Å². The third kappa shape index (κ3) is 9.11. The zero-order valence-corrected chi connectivity index (χ0v) is 10.7. The average Bonchev–Trinajstić information content (AvgIpc) is 2.37. The molecule has 0 rings (SSSR count). The molecule has 0 radical (unpaired) electrons. The highest BCUT2D eigenvalue weighted by atomic mass is 32.2. The summed E-state index contributed by atoms with van der Waals surface area (Å²) in [4.78, 5) is 31.5. The summed E-state index contributed by atoms with van der Waals surface area (Å²) in [6, 6.07) is 0. The van der Waals surface area contributed by atoms with E-state index in [1.165, 1.54) is 17.2 Å². The normalized spacial score (nSPS) is 13.7. The van der Waals surface area contributed by atoms with Crippen molar-refractivity contribution in [1.29, 1.82) is 0 Å². The lowest BCUT2D eigenvalue weighted by Gasteiger charge is -2.15. The Hall–Kier alpha value is -0.960. The summed E-state index contributed by atoms with van der Waals surface area (Å²) in [5.74, 6) is -0.145. The van der Waals surface area contributed by atoms with Crippen LogP contribution in [-0.2, 0) is 14.4 Å². The van der Waals surface area contributed by atoms with Crippen molar-refractivity contribution >= 4 is 30.2 Å². The summed E-state index contributed by atoms with van der Waals surface area (Å²) < 4.78 is 0. The van der Waals surface area contributed by atoms with Crippen LogP contribution < -0.4 is 10.8 Å². The Morgan fingerprint density at radius 3 is 2.67 bits per heavy atom. The Balaban J connectivity index is 3.77. The van der Waals surface area contributed by atoms with Crippen molar-refractivity contribution in [3.8, 4) is 0 Å². The molecule has 0 saturated heterocycles. The third-order valence-electron chi connectivity index (χ3n) is 2.04. The minimum atomic E-state index is -0.862. The standard InChI is InChI=1S/C10H18N2O5S/c13-4-1-3-11-10(16)6-8(7-14)18-5-2-9(15)12-17/h4,7-8,10-11,16-17H,1-3,5-6H2,(H,12,15). The Kier molecular flexibility index (Phi) is 10.6. The first-order chi connectivity index (χ1) is 8.63. The number of hydroxylamine groups is 1. The fraction of sp³-hybridized carbons (Fsp3) is 0.700. The molecule has 0 aliphatic heterocycles. The van der Waals surface area contributed by atoms with Crippen molar-refractivity contribution < 1.29 is 24.7 Å². The van der Waals surface area contributed by atoms with Gasteiger partial charge in [-0.2, -0.15) is 11.8 Å². The minimum Gasteiger partial charge on any atom is -0.379 e. The second kappa shape index (κ2) is 11.1. The SMILES string of the molecule is O=CCCNC(O)CC(C=O)SCCC(=O)NO. The summed E-state index contributed by atoms with van der Waals surface area (Å²) >= 11 is 1.22. The molecule has 0 aromatic heterocycles. The van der Waals surface area contributed by atoms with Crippen molar-refractivity contribution in [3.05, 3.63) is 0 Å². The number of carbonyl (C=O) groups excluding carboxylic acids is 3. The highest BCUT2D eigenvalue weighted by molar-refractivity contribution is 8.00. The van der Waals surface area contributed by atoms with Gasteiger partial charge in [-0.05, 0) is 0 Å². The lowest BCUT2D eigenvalue weighted by Crippen LogP contribution is -2.33. The van der Waals surface area contributed by atoms with Crippen LogP contribution in [0.5, 0.6) is 0 Å². The number of aliphatic hydroxyl groups is 1. The molecular weight excluding hydrogens is 260 g/mol. The van der Waals surface area contributed by atoms with Crippen molar-refractivity contribution in [2.75, 3.05) is 12.3 Å². The summed E-state index contributed by atoms with van der Waals surface area (Å²) in [6.45, 7) is 0.355. The lowest BCUT2D eigenvalue weighted by molar-refractivity contribution is -0.128. The minimum absolute atomic E-state index is 0.0974. The number of rotatable bonds is 11. The molecule has 104 valence electrons. The highest BCUT2D eigenvalue weighted by Crippen LogP contribution is 2.15. The van der Waals surface area contributed by atoms with Crippen LogP contribution in [0.4, 0.5) is 0 Å². The Morgan fingerprint density at radius 2 is 2.11 bits per heavy atom. The second-order valence-corrected chi connectivity index (χ2v) is 4.84. The van der Waals surface area contributed by atoms with Crippen LogP contribution in [0, 0.1) is 0 Å². The van der Waals surface area contributed by atoms with Gasteiger partial charge in [-0.3, -0.25) is 15.3 Å². The molecule has 0 aliphatic carbocycles. The van der Waals surface area contributed by atoms with E-state index in [1.54, 1.807) is 0 Å². The van der Waals surface area contributed by atoms with Crippen LogP contribution in [-0.4, -0.2) is 52.6 Å².